The Balaban J connectivity index is 1.40. The minimum Gasteiger partial charge on any atom is -0.339 e. The van der Waals surface area contributed by atoms with Crippen LogP contribution in [-0.4, -0.2) is 45.2 Å². The number of carbonyl (C=O) groups excluding carboxylic acids is 2. The van der Waals surface area contributed by atoms with Gasteiger partial charge < -0.3 is 9.80 Å². The first-order valence-electron chi connectivity index (χ1n) is 14.0. The Morgan fingerprint density at radius 3 is 1.70 bits per heavy atom. The van der Waals surface area contributed by atoms with Crippen LogP contribution in [-0.2, 0) is 22.7 Å². The van der Waals surface area contributed by atoms with E-state index in [1.165, 1.54) is 0 Å². The smallest absolute Gasteiger partial charge is 0.223 e. The van der Waals surface area contributed by atoms with Crippen molar-refractivity contribution in [2.75, 3.05) is 13.1 Å². The summed E-state index contributed by atoms with van der Waals surface area (Å²) in [5.41, 5.74) is 4.56. The molecular formula is C32H38N4O2S2. The second-order valence-corrected chi connectivity index (χ2v) is 12.6. The van der Waals surface area contributed by atoms with Crippen LogP contribution in [0.15, 0.2) is 60.9 Å². The van der Waals surface area contributed by atoms with Gasteiger partial charge in [-0.1, -0.05) is 76.2 Å². The Kier molecular flexibility index (Phi) is 10.6. The Morgan fingerprint density at radius 2 is 1.25 bits per heavy atom. The Hall–Kier alpha value is -3.36. The molecule has 0 N–H and O–H groups in total. The molecule has 0 spiro atoms. The van der Waals surface area contributed by atoms with Gasteiger partial charge in [-0.3, -0.25) is 9.59 Å². The molecule has 4 aromatic rings. The van der Waals surface area contributed by atoms with Gasteiger partial charge in [0.05, 0.1) is 22.8 Å². The zero-order valence-electron chi connectivity index (χ0n) is 23.8. The summed E-state index contributed by atoms with van der Waals surface area (Å²) in [5.74, 6) is 0.557. The van der Waals surface area contributed by atoms with Gasteiger partial charge in [0.25, 0.3) is 0 Å². The first-order chi connectivity index (χ1) is 19.4. The fourth-order valence-corrected chi connectivity index (χ4v) is 6.41. The van der Waals surface area contributed by atoms with Crippen molar-refractivity contribution in [3.8, 4) is 32.0 Å². The van der Waals surface area contributed by atoms with Crippen LogP contribution in [0.25, 0.3) is 32.0 Å². The fourth-order valence-electron chi connectivity index (χ4n) is 4.52. The molecule has 2 aromatic heterocycles. The highest BCUT2D eigenvalue weighted by atomic mass is 32.1. The highest BCUT2D eigenvalue weighted by Crippen LogP contribution is 2.32. The van der Waals surface area contributed by atoms with Gasteiger partial charge in [-0.05, 0) is 41.0 Å². The number of hydrogen-bond donors (Lipinski definition) is 0. The molecule has 0 atom stereocenters. The molecule has 0 unspecified atom stereocenters. The molecule has 0 aliphatic heterocycles. The largest absolute Gasteiger partial charge is 0.339 e. The van der Waals surface area contributed by atoms with Crippen LogP contribution in [0.5, 0.6) is 0 Å². The van der Waals surface area contributed by atoms with Crippen LogP contribution in [0.4, 0.5) is 0 Å². The molecule has 0 aliphatic carbocycles. The SMILES string of the molecule is CCCN(C=O)Cc1ncc(-c2ccc(-c3ccc(-c4cnc(CN(CCC)C(=O)CC(C)C)s4)cc3)cc2)s1. The molecule has 2 aromatic carbocycles. The number of amides is 2. The van der Waals surface area contributed by atoms with E-state index in [4.69, 9.17) is 0 Å². The summed E-state index contributed by atoms with van der Waals surface area (Å²) in [7, 11) is 0. The maximum Gasteiger partial charge on any atom is 0.223 e. The van der Waals surface area contributed by atoms with Crippen molar-refractivity contribution in [1.29, 1.82) is 0 Å². The van der Waals surface area contributed by atoms with Crippen molar-refractivity contribution in [2.45, 2.75) is 60.0 Å². The van der Waals surface area contributed by atoms with Crippen LogP contribution >= 0.6 is 22.7 Å². The molecule has 0 aliphatic rings. The number of aromatic nitrogens is 2. The lowest BCUT2D eigenvalue weighted by atomic mass is 10.0. The van der Waals surface area contributed by atoms with E-state index in [-0.39, 0.29) is 5.91 Å². The zero-order chi connectivity index (χ0) is 28.5. The van der Waals surface area contributed by atoms with Gasteiger partial charge in [0.1, 0.15) is 10.0 Å². The standard InChI is InChI=1S/C32H38N4O2S2/c1-5-15-35(22-37)20-30-33-18-28(39-30)26-11-7-24(8-12-26)25-9-13-27(14-10-25)29-19-34-31(40-29)21-36(16-6-2)32(38)17-23(3)4/h7-14,18-19,22-23H,5-6,15-17,20-21H2,1-4H3. The third-order valence-corrected chi connectivity index (χ3v) is 8.60. The van der Waals surface area contributed by atoms with Gasteiger partial charge in [-0.2, -0.15) is 0 Å². The molecule has 210 valence electrons. The van der Waals surface area contributed by atoms with Crippen LogP contribution in [0.3, 0.4) is 0 Å². The van der Waals surface area contributed by atoms with Crippen molar-refractivity contribution in [3.63, 3.8) is 0 Å². The van der Waals surface area contributed by atoms with E-state index in [2.05, 4.69) is 86.2 Å². The summed E-state index contributed by atoms with van der Waals surface area (Å²) in [6.07, 6.45) is 7.16. The molecule has 0 fully saturated rings. The van der Waals surface area contributed by atoms with E-state index < -0.39 is 0 Å². The highest BCUT2D eigenvalue weighted by molar-refractivity contribution is 7.15. The molecule has 2 amide bonds. The van der Waals surface area contributed by atoms with E-state index in [1.54, 1.807) is 27.6 Å². The molecule has 0 saturated heterocycles. The molecular weight excluding hydrogens is 537 g/mol. The van der Waals surface area contributed by atoms with Crippen molar-refractivity contribution in [1.82, 2.24) is 19.8 Å². The summed E-state index contributed by atoms with van der Waals surface area (Å²) < 4.78 is 0. The second kappa shape index (κ2) is 14.3. The first kappa shape index (κ1) is 29.6. The lowest BCUT2D eigenvalue weighted by Gasteiger charge is -2.22. The summed E-state index contributed by atoms with van der Waals surface area (Å²) >= 11 is 3.29. The fraction of sp³-hybridized carbons (Fsp3) is 0.375. The van der Waals surface area contributed by atoms with E-state index in [0.29, 0.717) is 25.4 Å². The predicted molar refractivity (Wildman–Crippen MR) is 166 cm³/mol. The average molecular weight is 575 g/mol. The number of nitrogens with zero attached hydrogens (tertiary/aromatic N) is 4. The van der Waals surface area contributed by atoms with Crippen LogP contribution < -0.4 is 0 Å². The quantitative estimate of drug-likeness (QED) is 0.144. The van der Waals surface area contributed by atoms with Gasteiger partial charge in [0.2, 0.25) is 12.3 Å². The van der Waals surface area contributed by atoms with Crippen molar-refractivity contribution >= 4 is 35.0 Å². The molecule has 4 rings (SSSR count). The van der Waals surface area contributed by atoms with E-state index in [1.807, 2.05) is 17.3 Å². The number of carbonyl (C=O) groups is 2. The molecule has 8 heteroatoms. The Morgan fingerprint density at radius 1 is 0.775 bits per heavy atom. The van der Waals surface area contributed by atoms with Crippen molar-refractivity contribution in [2.24, 2.45) is 5.92 Å². The third kappa shape index (κ3) is 7.86. The zero-order valence-corrected chi connectivity index (χ0v) is 25.4. The minimum absolute atomic E-state index is 0.205. The van der Waals surface area contributed by atoms with E-state index in [9.17, 15) is 9.59 Å². The number of hydrogen-bond acceptors (Lipinski definition) is 6. The topological polar surface area (TPSA) is 66.4 Å². The van der Waals surface area contributed by atoms with Gasteiger partial charge in [-0.25, -0.2) is 9.97 Å². The maximum absolute atomic E-state index is 12.7. The number of rotatable bonds is 14. The number of benzene rings is 2. The number of thiazole rings is 2. The average Bonchev–Trinajstić information content (AvgIpc) is 3.62. The van der Waals surface area contributed by atoms with E-state index in [0.717, 1.165) is 74.4 Å². The lowest BCUT2D eigenvalue weighted by molar-refractivity contribution is -0.132. The summed E-state index contributed by atoms with van der Waals surface area (Å²) in [6, 6.07) is 17.1. The molecule has 2 heterocycles. The molecule has 0 bridgehead atoms. The van der Waals surface area contributed by atoms with Crippen LogP contribution in [0.2, 0.25) is 0 Å². The highest BCUT2D eigenvalue weighted by Gasteiger charge is 2.17. The Labute approximate surface area is 245 Å². The normalized spacial score (nSPS) is 11.1. The summed E-state index contributed by atoms with van der Waals surface area (Å²) in [6.45, 7) is 11.0. The molecule has 40 heavy (non-hydrogen) atoms. The first-order valence-corrected chi connectivity index (χ1v) is 15.6. The Bertz CT molecular complexity index is 1380. The minimum atomic E-state index is 0.205. The van der Waals surface area contributed by atoms with Gasteiger partial charge in [-0.15, -0.1) is 22.7 Å². The van der Waals surface area contributed by atoms with Crippen LogP contribution in [0.1, 0.15) is 57.0 Å². The van der Waals surface area contributed by atoms with Crippen molar-refractivity contribution in [3.05, 3.63) is 70.9 Å². The predicted octanol–water partition coefficient (Wildman–Crippen LogP) is 7.75. The summed E-state index contributed by atoms with van der Waals surface area (Å²) in [5, 5.41) is 1.91. The van der Waals surface area contributed by atoms with Crippen LogP contribution in [0, 0.1) is 5.92 Å². The third-order valence-electron chi connectivity index (χ3n) is 6.53. The monoisotopic (exact) mass is 574 g/mol. The van der Waals surface area contributed by atoms with Gasteiger partial charge in [0.15, 0.2) is 0 Å². The molecule has 0 saturated carbocycles. The lowest BCUT2D eigenvalue weighted by Crippen LogP contribution is -2.31. The van der Waals surface area contributed by atoms with Crippen molar-refractivity contribution < 1.29 is 9.59 Å². The summed E-state index contributed by atoms with van der Waals surface area (Å²) in [4.78, 5) is 39.0. The van der Waals surface area contributed by atoms with Gasteiger partial charge >= 0.3 is 0 Å². The molecule has 0 radical (unpaired) electrons. The second-order valence-electron chi connectivity index (χ2n) is 10.4. The maximum atomic E-state index is 12.7. The van der Waals surface area contributed by atoms with Gasteiger partial charge in [0, 0.05) is 31.9 Å². The molecule has 6 nitrogen and oxygen atoms in total. The van der Waals surface area contributed by atoms with E-state index >= 15 is 0 Å².